The first-order valence-electron chi connectivity index (χ1n) is 11.4. The standard InChI is InChI=1S/C25H37NO4S/c1-4-6-9-16-26(17-10-18-30-3)25(27)23(11-5-2)20-31(28,29)24-15-14-21-12-7-8-13-22(21)19-24/h7-8,12-15,19,23H,4-6,9-11,16-18,20H2,1-3H3. The fourth-order valence-electron chi connectivity index (χ4n) is 3.89. The van der Waals surface area contributed by atoms with E-state index in [0.29, 0.717) is 26.1 Å². The fraction of sp³-hybridized carbons (Fsp3) is 0.560. The minimum absolute atomic E-state index is 0.0431. The molecule has 5 nitrogen and oxygen atoms in total. The van der Waals surface area contributed by atoms with Gasteiger partial charge in [-0.2, -0.15) is 0 Å². The Labute approximate surface area is 187 Å². The molecule has 2 aromatic carbocycles. The van der Waals surface area contributed by atoms with Crippen molar-refractivity contribution in [3.8, 4) is 0 Å². The van der Waals surface area contributed by atoms with Crippen LogP contribution in [-0.4, -0.2) is 51.8 Å². The summed E-state index contributed by atoms with van der Waals surface area (Å²) in [5.41, 5.74) is 0. The van der Waals surface area contributed by atoms with Gasteiger partial charge in [0, 0.05) is 26.8 Å². The molecule has 0 saturated carbocycles. The Morgan fingerprint density at radius 1 is 0.968 bits per heavy atom. The molecule has 0 heterocycles. The van der Waals surface area contributed by atoms with E-state index in [2.05, 4.69) is 6.92 Å². The van der Waals surface area contributed by atoms with Crippen LogP contribution in [0.4, 0.5) is 0 Å². The normalized spacial score (nSPS) is 12.7. The van der Waals surface area contributed by atoms with Gasteiger partial charge >= 0.3 is 0 Å². The molecule has 172 valence electrons. The van der Waals surface area contributed by atoms with Gasteiger partial charge in [0.1, 0.15) is 0 Å². The lowest BCUT2D eigenvalue weighted by Crippen LogP contribution is -2.40. The van der Waals surface area contributed by atoms with Crippen LogP contribution in [0.1, 0.15) is 52.4 Å². The van der Waals surface area contributed by atoms with E-state index in [1.807, 2.05) is 42.2 Å². The highest BCUT2D eigenvalue weighted by molar-refractivity contribution is 7.91. The van der Waals surface area contributed by atoms with E-state index in [4.69, 9.17) is 4.74 Å². The number of rotatable bonds is 14. The number of nitrogens with zero attached hydrogens (tertiary/aromatic N) is 1. The van der Waals surface area contributed by atoms with Gasteiger partial charge in [-0.15, -0.1) is 0 Å². The minimum atomic E-state index is -3.57. The fourth-order valence-corrected chi connectivity index (χ4v) is 5.50. The third kappa shape index (κ3) is 7.62. The van der Waals surface area contributed by atoms with Crippen molar-refractivity contribution in [3.63, 3.8) is 0 Å². The number of hydrogen-bond donors (Lipinski definition) is 0. The van der Waals surface area contributed by atoms with Gasteiger partial charge in [0.15, 0.2) is 9.84 Å². The maximum atomic E-state index is 13.4. The molecule has 0 aliphatic rings. The van der Waals surface area contributed by atoms with Crippen molar-refractivity contribution in [3.05, 3.63) is 42.5 Å². The lowest BCUT2D eigenvalue weighted by molar-refractivity contribution is -0.135. The number of sulfone groups is 1. The second kappa shape index (κ2) is 12.8. The summed E-state index contributed by atoms with van der Waals surface area (Å²) in [6.07, 6.45) is 5.16. The smallest absolute Gasteiger partial charge is 0.226 e. The molecule has 0 aromatic heterocycles. The van der Waals surface area contributed by atoms with Crippen LogP contribution in [0.5, 0.6) is 0 Å². The molecule has 0 aliphatic heterocycles. The summed E-state index contributed by atoms with van der Waals surface area (Å²) in [5.74, 6) is -0.712. The zero-order chi connectivity index (χ0) is 22.7. The number of fused-ring (bicyclic) bond motifs is 1. The molecule has 1 atom stereocenters. The van der Waals surface area contributed by atoms with Gasteiger partial charge in [-0.25, -0.2) is 8.42 Å². The van der Waals surface area contributed by atoms with Crippen molar-refractivity contribution < 1.29 is 17.9 Å². The van der Waals surface area contributed by atoms with Crippen molar-refractivity contribution in [1.29, 1.82) is 0 Å². The van der Waals surface area contributed by atoms with E-state index >= 15 is 0 Å². The van der Waals surface area contributed by atoms with Crippen molar-refractivity contribution in [2.45, 2.75) is 57.3 Å². The van der Waals surface area contributed by atoms with Crippen molar-refractivity contribution in [2.24, 2.45) is 5.92 Å². The summed E-state index contributed by atoms with van der Waals surface area (Å²) in [7, 11) is -1.92. The zero-order valence-corrected chi connectivity index (χ0v) is 20.0. The summed E-state index contributed by atoms with van der Waals surface area (Å²) in [6.45, 7) is 5.99. The predicted molar refractivity (Wildman–Crippen MR) is 127 cm³/mol. The maximum Gasteiger partial charge on any atom is 0.226 e. The number of carbonyl (C=O) groups is 1. The molecular formula is C25H37NO4S. The summed E-state index contributed by atoms with van der Waals surface area (Å²) in [5, 5.41) is 1.89. The highest BCUT2D eigenvalue weighted by atomic mass is 32.2. The van der Waals surface area contributed by atoms with Crippen LogP contribution in [-0.2, 0) is 19.4 Å². The van der Waals surface area contributed by atoms with Gasteiger partial charge in [0.25, 0.3) is 0 Å². The van der Waals surface area contributed by atoms with Crippen LogP contribution in [0.15, 0.2) is 47.4 Å². The highest BCUT2D eigenvalue weighted by Crippen LogP contribution is 2.23. The molecule has 2 aromatic rings. The summed E-state index contributed by atoms with van der Waals surface area (Å²) < 4.78 is 31.6. The first-order valence-corrected chi connectivity index (χ1v) is 13.1. The molecule has 0 N–H and O–H groups in total. The SMILES string of the molecule is CCCCCN(CCCOC)C(=O)C(CCC)CS(=O)(=O)c1ccc2ccccc2c1. The molecule has 0 saturated heterocycles. The number of ether oxygens (including phenoxy) is 1. The minimum Gasteiger partial charge on any atom is -0.385 e. The summed E-state index contributed by atoms with van der Waals surface area (Å²) in [4.78, 5) is 15.5. The second-order valence-electron chi connectivity index (χ2n) is 8.15. The number of unbranched alkanes of at least 4 members (excludes halogenated alkanes) is 2. The molecule has 0 radical (unpaired) electrons. The lowest BCUT2D eigenvalue weighted by atomic mass is 10.0. The van der Waals surface area contributed by atoms with Gasteiger partial charge < -0.3 is 9.64 Å². The average molecular weight is 448 g/mol. The van der Waals surface area contributed by atoms with Crippen LogP contribution < -0.4 is 0 Å². The van der Waals surface area contributed by atoms with E-state index < -0.39 is 15.8 Å². The molecule has 1 amide bonds. The van der Waals surface area contributed by atoms with Gasteiger partial charge in [-0.3, -0.25) is 4.79 Å². The molecule has 1 unspecified atom stereocenters. The lowest BCUT2D eigenvalue weighted by Gasteiger charge is -2.27. The second-order valence-corrected chi connectivity index (χ2v) is 10.2. The Balaban J connectivity index is 2.20. The molecule has 0 bridgehead atoms. The Kier molecular flexibility index (Phi) is 10.5. The van der Waals surface area contributed by atoms with Crippen LogP contribution in [0.25, 0.3) is 10.8 Å². The van der Waals surface area contributed by atoms with Crippen molar-refractivity contribution in [1.82, 2.24) is 4.90 Å². The Hall–Kier alpha value is -1.92. The summed E-state index contributed by atoms with van der Waals surface area (Å²) >= 11 is 0. The first-order chi connectivity index (χ1) is 14.9. The quantitative estimate of drug-likeness (QED) is 0.379. The molecule has 0 aliphatic carbocycles. The van der Waals surface area contributed by atoms with Gasteiger partial charge in [0.2, 0.25) is 5.91 Å². The van der Waals surface area contributed by atoms with Crippen LogP contribution in [0.3, 0.4) is 0 Å². The van der Waals surface area contributed by atoms with E-state index in [-0.39, 0.29) is 16.6 Å². The van der Waals surface area contributed by atoms with Crippen LogP contribution >= 0.6 is 0 Å². The van der Waals surface area contributed by atoms with Crippen molar-refractivity contribution >= 4 is 26.5 Å². The number of hydrogen-bond acceptors (Lipinski definition) is 4. The van der Waals surface area contributed by atoms with Gasteiger partial charge in [0.05, 0.1) is 16.6 Å². The van der Waals surface area contributed by atoms with E-state index in [9.17, 15) is 13.2 Å². The Morgan fingerprint density at radius 3 is 2.35 bits per heavy atom. The Bertz CT molecular complexity index is 916. The van der Waals surface area contributed by atoms with Crippen LogP contribution in [0, 0.1) is 5.92 Å². The van der Waals surface area contributed by atoms with Crippen LogP contribution in [0.2, 0.25) is 0 Å². The largest absolute Gasteiger partial charge is 0.385 e. The molecular weight excluding hydrogens is 410 g/mol. The van der Waals surface area contributed by atoms with Gasteiger partial charge in [-0.1, -0.05) is 63.4 Å². The predicted octanol–water partition coefficient (Wildman–Crippen LogP) is 5.09. The maximum absolute atomic E-state index is 13.4. The number of benzene rings is 2. The molecule has 0 spiro atoms. The van der Waals surface area contributed by atoms with Crippen molar-refractivity contribution in [2.75, 3.05) is 32.6 Å². The average Bonchev–Trinajstić information content (AvgIpc) is 2.77. The van der Waals surface area contributed by atoms with Gasteiger partial charge in [-0.05, 0) is 42.2 Å². The number of methoxy groups -OCH3 is 1. The van der Waals surface area contributed by atoms with E-state index in [0.717, 1.165) is 42.9 Å². The number of carbonyl (C=O) groups excluding carboxylic acids is 1. The monoisotopic (exact) mass is 447 g/mol. The van der Waals surface area contributed by atoms with E-state index in [1.165, 1.54) is 0 Å². The molecule has 2 rings (SSSR count). The third-order valence-corrected chi connectivity index (χ3v) is 7.42. The van der Waals surface area contributed by atoms with E-state index in [1.54, 1.807) is 19.2 Å². The summed E-state index contributed by atoms with van der Waals surface area (Å²) in [6, 6.07) is 12.9. The molecule has 31 heavy (non-hydrogen) atoms. The molecule has 0 fully saturated rings. The molecule has 6 heteroatoms. The Morgan fingerprint density at radius 2 is 1.68 bits per heavy atom. The number of amides is 1. The topological polar surface area (TPSA) is 63.7 Å². The zero-order valence-electron chi connectivity index (χ0n) is 19.2. The first kappa shape index (κ1) is 25.3. The highest BCUT2D eigenvalue weighted by Gasteiger charge is 2.29. The third-order valence-electron chi connectivity index (χ3n) is 5.61.